The number of ether oxygens (including phenoxy) is 6. The molecule has 0 aromatic rings. The second-order valence-corrected chi connectivity index (χ2v) is 26.7. The molecule has 3 fully saturated rings. The number of rotatable bonds is 57. The smallest absolute Gasteiger partial charge is 0.317 e. The summed E-state index contributed by atoms with van der Waals surface area (Å²) in [4.78, 5) is 143. The summed E-state index contributed by atoms with van der Waals surface area (Å²) in [6.45, 7) is -1.87. The average Bonchev–Trinajstić information content (AvgIpc) is 0.826. The maximum Gasteiger partial charge on any atom is 0.317 e. The van der Waals surface area contributed by atoms with Gasteiger partial charge in [0.05, 0.1) is 71.7 Å². The number of nitrogens with zero attached hydrogens (tertiary/aromatic N) is 4. The minimum Gasteiger partial charge on any atom is -0.480 e. The van der Waals surface area contributed by atoms with E-state index in [1.807, 2.05) is 0 Å². The van der Waals surface area contributed by atoms with Crippen LogP contribution in [-0.2, 0) is 81.2 Å². The lowest BCUT2D eigenvalue weighted by molar-refractivity contribution is -0.270. The van der Waals surface area contributed by atoms with Gasteiger partial charge in [-0.1, -0.05) is 38.5 Å². The summed E-state index contributed by atoms with van der Waals surface area (Å²) in [5.74, 6) is -9.01. The predicted octanol–water partition coefficient (Wildman–Crippen LogP) is -7.90. The van der Waals surface area contributed by atoms with E-state index in [0.717, 1.165) is 4.90 Å². The van der Waals surface area contributed by atoms with Gasteiger partial charge < -0.3 is 132 Å². The van der Waals surface area contributed by atoms with Crippen LogP contribution in [0.5, 0.6) is 0 Å². The van der Waals surface area contributed by atoms with Crippen LogP contribution in [0.1, 0.15) is 117 Å². The molecule has 0 saturated carbocycles. The summed E-state index contributed by atoms with van der Waals surface area (Å²) in [7, 11) is 0. The van der Waals surface area contributed by atoms with E-state index in [-0.39, 0.29) is 91.4 Å². The molecule has 20 N–H and O–H groups in total. The number of carbonyl (C=O) groups is 11. The first-order chi connectivity index (χ1) is 50.9. The fourth-order valence-electron chi connectivity index (χ4n) is 12.2. The Morgan fingerprint density at radius 2 is 0.636 bits per heavy atom. The summed E-state index contributed by atoms with van der Waals surface area (Å²) in [6, 6.07) is -4.51. The molecule has 41 heteroatoms. The van der Waals surface area contributed by atoms with E-state index in [1.54, 1.807) is 0 Å². The lowest BCUT2D eigenvalue weighted by Gasteiger charge is -2.42. The number of nitrogens with one attached hydrogen (secondary N) is 7. The van der Waals surface area contributed by atoms with Crippen LogP contribution in [0.25, 0.3) is 0 Å². The molecule has 0 aromatic carbocycles. The zero-order valence-electron chi connectivity index (χ0n) is 61.2. The summed E-state index contributed by atoms with van der Waals surface area (Å²) < 4.78 is 34.3. The van der Waals surface area contributed by atoms with Gasteiger partial charge in [0, 0.05) is 92.9 Å². The number of unbranched alkanes of at least 4 members (excludes halogenated alkanes) is 10. The quantitative estimate of drug-likeness (QED) is 0.0252. The van der Waals surface area contributed by atoms with Crippen molar-refractivity contribution in [1.82, 2.24) is 56.8 Å². The number of amides is 7. The van der Waals surface area contributed by atoms with E-state index in [1.165, 1.54) is 35.5 Å². The molecule has 0 radical (unpaired) electrons. The monoisotopic (exact) mass is 1540 g/mol. The Morgan fingerprint density at radius 1 is 0.355 bits per heavy atom. The van der Waals surface area contributed by atoms with E-state index in [4.69, 9.17) is 28.4 Å². The first-order valence-corrected chi connectivity index (χ1v) is 36.3. The van der Waals surface area contributed by atoms with Crippen LogP contribution >= 0.6 is 0 Å². The van der Waals surface area contributed by atoms with Crippen molar-refractivity contribution in [2.24, 2.45) is 0 Å². The second kappa shape index (κ2) is 52.5. The molecule has 107 heavy (non-hydrogen) atoms. The molecule has 3 heterocycles. The Morgan fingerprint density at radius 3 is 0.953 bits per heavy atom. The van der Waals surface area contributed by atoms with Gasteiger partial charge in [0.25, 0.3) is 0 Å². The Bertz CT molecular complexity index is 2610. The van der Waals surface area contributed by atoms with Crippen LogP contribution in [0.3, 0.4) is 0 Å². The highest BCUT2D eigenvalue weighted by atomic mass is 16.7. The van der Waals surface area contributed by atoms with E-state index in [2.05, 4.69) is 37.2 Å². The minimum atomic E-state index is -1.50. The summed E-state index contributed by atoms with van der Waals surface area (Å²) in [5.41, 5.74) is 0. The van der Waals surface area contributed by atoms with Gasteiger partial charge in [0.15, 0.2) is 18.9 Å². The van der Waals surface area contributed by atoms with Crippen molar-refractivity contribution in [3.05, 3.63) is 0 Å². The third-order valence-corrected chi connectivity index (χ3v) is 17.7. The Balaban J connectivity index is 1.77. The molecule has 7 amide bonds. The molecule has 41 nitrogen and oxygen atoms in total. The van der Waals surface area contributed by atoms with Crippen LogP contribution in [0.4, 0.5) is 0 Å². The minimum absolute atomic E-state index is 0.00322. The van der Waals surface area contributed by atoms with Crippen molar-refractivity contribution in [2.75, 3.05) is 138 Å². The van der Waals surface area contributed by atoms with Gasteiger partial charge in [-0.05, 0) is 57.8 Å². The maximum atomic E-state index is 14.5. The van der Waals surface area contributed by atoms with Crippen molar-refractivity contribution in [1.29, 1.82) is 0 Å². The van der Waals surface area contributed by atoms with Crippen molar-refractivity contribution >= 4 is 65.2 Å². The highest BCUT2D eigenvalue weighted by Crippen LogP contribution is 2.26. The van der Waals surface area contributed by atoms with Crippen LogP contribution in [0.2, 0.25) is 0 Å². The van der Waals surface area contributed by atoms with Gasteiger partial charge >= 0.3 is 23.9 Å². The van der Waals surface area contributed by atoms with Crippen molar-refractivity contribution in [2.45, 2.75) is 215 Å². The number of carboxylic acid groups (broad SMARTS) is 4. The summed E-state index contributed by atoms with van der Waals surface area (Å²) >= 11 is 0. The van der Waals surface area contributed by atoms with Crippen LogP contribution in [0, 0.1) is 0 Å². The first-order valence-electron chi connectivity index (χ1n) is 36.3. The predicted molar refractivity (Wildman–Crippen MR) is 370 cm³/mol. The molecule has 616 valence electrons. The van der Waals surface area contributed by atoms with E-state index in [0.29, 0.717) is 77.0 Å². The molecule has 0 aliphatic carbocycles. The van der Waals surface area contributed by atoms with Gasteiger partial charge in [0.2, 0.25) is 41.4 Å². The largest absolute Gasteiger partial charge is 0.480 e. The molecule has 16 atom stereocenters. The molecule has 3 aliphatic rings. The molecular formula is C66H117N11O30. The number of aliphatic hydroxyl groups excluding tert-OH is 9. The first kappa shape index (κ1) is 94.6. The van der Waals surface area contributed by atoms with Crippen molar-refractivity contribution in [3.8, 4) is 0 Å². The zero-order valence-corrected chi connectivity index (χ0v) is 61.2. The fraction of sp³-hybridized carbons (Fsp3) is 0.833. The lowest BCUT2D eigenvalue weighted by Crippen LogP contribution is -2.64. The third kappa shape index (κ3) is 37.6. The molecule has 3 aliphatic heterocycles. The number of aliphatic carboxylic acids is 4. The molecule has 3 rings (SSSR count). The average molecular weight is 1540 g/mol. The number of aliphatic hydroxyl groups is 9. The lowest BCUT2D eigenvalue weighted by atomic mass is 9.97. The van der Waals surface area contributed by atoms with E-state index in [9.17, 15) is 119 Å². The summed E-state index contributed by atoms with van der Waals surface area (Å²) in [6.07, 6.45) is -9.34. The molecule has 2 unspecified atom stereocenters. The van der Waals surface area contributed by atoms with E-state index >= 15 is 0 Å². The number of hydrogen-bond acceptors (Lipinski definition) is 30. The zero-order chi connectivity index (χ0) is 79.5. The highest BCUT2D eigenvalue weighted by molar-refractivity contribution is 5.86. The number of carboxylic acids is 4. The van der Waals surface area contributed by atoms with Crippen molar-refractivity contribution in [3.63, 3.8) is 0 Å². The number of hydrogen-bond donors (Lipinski definition) is 20. The third-order valence-electron chi connectivity index (χ3n) is 17.7. The van der Waals surface area contributed by atoms with Gasteiger partial charge in [-0.25, -0.2) is 0 Å². The molecule has 0 spiro atoms. The molecule has 3 saturated heterocycles. The SMILES string of the molecule is CC(=O)N[C@H]1[C@@H](OCCCCCCNC(=O)CN(CC(=O)NCCCCCCO[C@H]2O[C@H](CO)[C@H](O)[C@H](O)[C@H]2NC(C)=O)C(CCCCNC(=O)CN(CCN(CCN(CC(=O)O)CC(=O)O)CC(=O)O)CC(=O)O)C(=O)NCCCCCCOC2O[C@@H](CO)[C@@H](O)[C@@H](O)[C@@H]2NC(C)=O)O[C@H](CO)[C@H](O)[C@@H]1O. The Labute approximate surface area is 620 Å². The molecule has 0 aromatic heterocycles. The van der Waals surface area contributed by atoms with Crippen LogP contribution in [0.15, 0.2) is 0 Å². The van der Waals surface area contributed by atoms with E-state index < -0.39 is 229 Å². The Kier molecular flexibility index (Phi) is 46.4. The normalized spacial score (nSPS) is 24.7. The van der Waals surface area contributed by atoms with Gasteiger partial charge in [-0.15, -0.1) is 0 Å². The van der Waals surface area contributed by atoms with Gasteiger partial charge in [-0.3, -0.25) is 72.3 Å². The molecule has 0 bridgehead atoms. The summed E-state index contributed by atoms with van der Waals surface area (Å²) in [5, 5.41) is 149. The highest BCUT2D eigenvalue weighted by Gasteiger charge is 2.48. The molecular weight excluding hydrogens is 1430 g/mol. The maximum absolute atomic E-state index is 14.5. The Hall–Kier alpha value is -6.59. The van der Waals surface area contributed by atoms with Gasteiger partial charge in [-0.2, -0.15) is 0 Å². The van der Waals surface area contributed by atoms with Gasteiger partial charge in [0.1, 0.15) is 73.1 Å². The topological polar surface area (TPSA) is 603 Å². The fourth-order valence-corrected chi connectivity index (χ4v) is 12.2. The number of carbonyl (C=O) groups excluding carboxylic acids is 7. The van der Waals surface area contributed by atoms with Crippen LogP contribution in [-0.4, -0.2) is 387 Å². The second-order valence-electron chi connectivity index (χ2n) is 26.7. The van der Waals surface area contributed by atoms with Crippen molar-refractivity contribution < 1.29 is 148 Å². The van der Waals surface area contributed by atoms with Crippen LogP contribution < -0.4 is 37.2 Å². The standard InChI is InChI=1S/C66H117N11O30/c1-40(81)71-54-60(98)57(95)44(37-78)105-64(54)102-27-15-7-4-11-19-68-48(85)31-77(32-49(86)69-20-12-5-8-16-28-103-65-55(72-41(2)82)61(99)58(96)45(38-79)106-65)43(63(101)70-22-13-6-9-17-29-104-66-56(73-42(3)83)62(100)59(97)46(39-80)107-66)18-10-14-21-67-47(84)30-75(34-51(89)90)25-23-74(33-50(87)88)24-26-76(35-52(91)92)36-53(93)94/h43-46,54-62,64-66,78-80,95-100H,4-39H2,1-3H3,(H,67,84)(H,68,85)(H,69,86)(H,70,101)(H,71,81)(H,72,82)(H,73,83)(H,87,88)(H,89,90)(H,91,92)(H,93,94)/t43?,44-,45-,46+,54-,55-,56+,57+,58+,59-,60-,61-,62+,64+,65+,66?/m1/s1.